The van der Waals surface area contributed by atoms with Crippen molar-refractivity contribution >= 4 is 27.6 Å². The molecule has 0 amide bonds. The molecule has 0 aliphatic heterocycles. The summed E-state index contributed by atoms with van der Waals surface area (Å²) in [5.41, 5.74) is -0.339. The minimum Gasteiger partial charge on any atom is -0.481 e. The molecule has 10 nitrogen and oxygen atoms in total. The maximum absolute atomic E-state index is 11.9. The van der Waals surface area contributed by atoms with Gasteiger partial charge in [0.05, 0.1) is 16.2 Å². The Labute approximate surface area is 118 Å². The number of benzene rings is 1. The topological polar surface area (TPSA) is 164 Å². The summed E-state index contributed by atoms with van der Waals surface area (Å²) in [6.07, 6.45) is -0.943. The molecular formula is C10H10N2O8S. The average Bonchev–Trinajstić information content (AvgIpc) is 2.37. The molecule has 0 saturated heterocycles. The molecule has 21 heavy (non-hydrogen) atoms. The van der Waals surface area contributed by atoms with Gasteiger partial charge >= 0.3 is 11.9 Å². The summed E-state index contributed by atoms with van der Waals surface area (Å²) < 4.78 is 25.5. The lowest BCUT2D eigenvalue weighted by Crippen LogP contribution is -2.42. The number of sulfonamides is 1. The summed E-state index contributed by atoms with van der Waals surface area (Å²) in [5, 5.41) is 27.7. The van der Waals surface area contributed by atoms with Crippen LogP contribution in [0.2, 0.25) is 0 Å². The molecule has 0 saturated carbocycles. The zero-order valence-electron chi connectivity index (χ0n) is 10.3. The van der Waals surface area contributed by atoms with Gasteiger partial charge < -0.3 is 10.2 Å². The molecule has 0 aromatic heterocycles. The van der Waals surface area contributed by atoms with Crippen molar-refractivity contribution in [2.24, 2.45) is 0 Å². The lowest BCUT2D eigenvalue weighted by molar-refractivity contribution is -0.384. The number of carbonyl (C=O) groups is 2. The van der Waals surface area contributed by atoms with Crippen molar-refractivity contribution in [1.82, 2.24) is 4.72 Å². The van der Waals surface area contributed by atoms with Crippen LogP contribution < -0.4 is 4.72 Å². The van der Waals surface area contributed by atoms with Gasteiger partial charge in [0.15, 0.2) is 0 Å². The summed E-state index contributed by atoms with van der Waals surface area (Å²) in [6.45, 7) is 0. The van der Waals surface area contributed by atoms with Gasteiger partial charge in [-0.25, -0.2) is 8.42 Å². The highest BCUT2D eigenvalue weighted by Gasteiger charge is 2.27. The quantitative estimate of drug-likeness (QED) is 0.459. The Kier molecular flexibility index (Phi) is 4.94. The highest BCUT2D eigenvalue weighted by molar-refractivity contribution is 7.89. The van der Waals surface area contributed by atoms with E-state index in [0.717, 1.165) is 24.3 Å². The van der Waals surface area contributed by atoms with Crippen LogP contribution in [0.15, 0.2) is 29.2 Å². The third-order valence-electron chi connectivity index (χ3n) is 2.33. The predicted octanol–water partition coefficient (Wildman–Crippen LogP) is -0.199. The van der Waals surface area contributed by atoms with Gasteiger partial charge in [-0.3, -0.25) is 19.7 Å². The Hall–Kier alpha value is -2.53. The van der Waals surface area contributed by atoms with Crippen LogP contribution in [-0.2, 0) is 19.6 Å². The van der Waals surface area contributed by atoms with Crippen molar-refractivity contribution in [2.75, 3.05) is 0 Å². The SMILES string of the molecule is O=C(O)CC(NS(=O)(=O)c1ccc([N+](=O)[O-])cc1)C(=O)O. The standard InChI is InChI=1S/C10H10N2O8S/c13-9(14)5-8(10(15)16)11-21(19,20)7-3-1-6(2-4-7)12(17)18/h1-4,8,11H,5H2,(H,13,14)(H,15,16). The third-order valence-corrected chi connectivity index (χ3v) is 3.82. The number of non-ortho nitro benzene ring substituents is 1. The Morgan fingerprint density at radius 1 is 1.24 bits per heavy atom. The van der Waals surface area contributed by atoms with Crippen LogP contribution in [-0.4, -0.2) is 41.5 Å². The Bertz CT molecular complexity index is 667. The molecule has 3 N–H and O–H groups in total. The molecule has 1 unspecified atom stereocenters. The predicted molar refractivity (Wildman–Crippen MR) is 67.1 cm³/mol. The minimum absolute atomic E-state index is 0.339. The van der Waals surface area contributed by atoms with E-state index in [0.29, 0.717) is 0 Å². The van der Waals surface area contributed by atoms with Crippen LogP contribution in [0.25, 0.3) is 0 Å². The Morgan fingerprint density at radius 3 is 2.14 bits per heavy atom. The van der Waals surface area contributed by atoms with E-state index in [4.69, 9.17) is 10.2 Å². The van der Waals surface area contributed by atoms with Crippen LogP contribution in [0.4, 0.5) is 5.69 Å². The molecular weight excluding hydrogens is 308 g/mol. The molecule has 1 aromatic carbocycles. The van der Waals surface area contributed by atoms with Crippen molar-refractivity contribution in [3.63, 3.8) is 0 Å². The van der Waals surface area contributed by atoms with Crippen LogP contribution in [0.3, 0.4) is 0 Å². The van der Waals surface area contributed by atoms with Gasteiger partial charge in [-0.1, -0.05) is 0 Å². The van der Waals surface area contributed by atoms with E-state index in [1.54, 1.807) is 4.72 Å². The number of nitrogens with zero attached hydrogens (tertiary/aromatic N) is 1. The average molecular weight is 318 g/mol. The number of hydrogen-bond acceptors (Lipinski definition) is 6. The Morgan fingerprint density at radius 2 is 1.76 bits per heavy atom. The second kappa shape index (κ2) is 6.28. The molecule has 0 aliphatic carbocycles. The number of nitrogens with one attached hydrogen (secondary N) is 1. The van der Waals surface area contributed by atoms with Crippen LogP contribution in [0.5, 0.6) is 0 Å². The molecule has 0 fully saturated rings. The highest BCUT2D eigenvalue weighted by atomic mass is 32.2. The van der Waals surface area contributed by atoms with Crippen molar-refractivity contribution in [3.05, 3.63) is 34.4 Å². The maximum atomic E-state index is 11.9. The van der Waals surface area contributed by atoms with Crippen molar-refractivity contribution < 1.29 is 33.1 Å². The smallest absolute Gasteiger partial charge is 0.322 e. The van der Waals surface area contributed by atoms with Gasteiger partial charge in [0.1, 0.15) is 6.04 Å². The second-order valence-corrected chi connectivity index (χ2v) is 5.57. The summed E-state index contributed by atoms with van der Waals surface area (Å²) in [7, 11) is -4.31. The number of hydrogen-bond donors (Lipinski definition) is 3. The summed E-state index contributed by atoms with van der Waals surface area (Å²) in [6, 6.07) is 1.85. The fourth-order valence-corrected chi connectivity index (χ4v) is 2.55. The van der Waals surface area contributed by atoms with Gasteiger partial charge in [0, 0.05) is 12.1 Å². The molecule has 1 rings (SSSR count). The van der Waals surface area contributed by atoms with E-state index < -0.39 is 44.2 Å². The van der Waals surface area contributed by atoms with Gasteiger partial charge in [0.25, 0.3) is 5.69 Å². The molecule has 0 radical (unpaired) electrons. The van der Waals surface area contributed by atoms with Crippen LogP contribution in [0.1, 0.15) is 6.42 Å². The normalized spacial score (nSPS) is 12.6. The number of nitro benzene ring substituents is 1. The van der Waals surface area contributed by atoms with Crippen molar-refractivity contribution in [3.8, 4) is 0 Å². The van der Waals surface area contributed by atoms with Gasteiger partial charge in [-0.05, 0) is 12.1 Å². The number of carboxylic acid groups (broad SMARTS) is 2. The monoisotopic (exact) mass is 318 g/mol. The first-order valence-electron chi connectivity index (χ1n) is 5.35. The van der Waals surface area contributed by atoms with Crippen molar-refractivity contribution in [1.29, 1.82) is 0 Å². The largest absolute Gasteiger partial charge is 0.481 e. The van der Waals surface area contributed by atoms with Crippen LogP contribution in [0, 0.1) is 10.1 Å². The highest BCUT2D eigenvalue weighted by Crippen LogP contribution is 2.16. The van der Waals surface area contributed by atoms with Gasteiger partial charge in [0.2, 0.25) is 10.0 Å². The van der Waals surface area contributed by atoms with E-state index in [1.165, 1.54) is 0 Å². The zero-order chi connectivity index (χ0) is 16.2. The van der Waals surface area contributed by atoms with Crippen LogP contribution >= 0.6 is 0 Å². The number of carboxylic acids is 2. The summed E-state index contributed by atoms with van der Waals surface area (Å²) in [4.78, 5) is 30.6. The summed E-state index contributed by atoms with van der Waals surface area (Å²) >= 11 is 0. The van der Waals surface area contributed by atoms with E-state index in [-0.39, 0.29) is 5.69 Å². The first-order chi connectivity index (χ1) is 9.63. The molecule has 11 heteroatoms. The van der Waals surface area contributed by atoms with Gasteiger partial charge in [-0.15, -0.1) is 0 Å². The second-order valence-electron chi connectivity index (χ2n) is 3.86. The molecule has 0 spiro atoms. The fourth-order valence-electron chi connectivity index (χ4n) is 1.36. The zero-order valence-corrected chi connectivity index (χ0v) is 11.1. The molecule has 1 aromatic rings. The molecule has 1 atom stereocenters. The molecule has 114 valence electrons. The number of rotatable bonds is 7. The van der Waals surface area contributed by atoms with E-state index in [2.05, 4.69) is 0 Å². The van der Waals surface area contributed by atoms with E-state index in [9.17, 15) is 28.1 Å². The first kappa shape index (κ1) is 16.5. The number of aliphatic carboxylic acids is 2. The summed E-state index contributed by atoms with van der Waals surface area (Å²) in [5.74, 6) is -3.14. The number of nitro groups is 1. The van der Waals surface area contributed by atoms with Gasteiger partial charge in [-0.2, -0.15) is 4.72 Å². The molecule has 0 aliphatic rings. The van der Waals surface area contributed by atoms with E-state index >= 15 is 0 Å². The first-order valence-corrected chi connectivity index (χ1v) is 6.83. The van der Waals surface area contributed by atoms with E-state index in [1.807, 2.05) is 0 Å². The lowest BCUT2D eigenvalue weighted by Gasteiger charge is -2.12. The fraction of sp³-hybridized carbons (Fsp3) is 0.200. The molecule has 0 bridgehead atoms. The molecule has 0 heterocycles. The third kappa shape index (κ3) is 4.50. The Balaban J connectivity index is 3.01. The van der Waals surface area contributed by atoms with Crippen molar-refractivity contribution in [2.45, 2.75) is 17.4 Å². The lowest BCUT2D eigenvalue weighted by atomic mass is 10.2. The maximum Gasteiger partial charge on any atom is 0.322 e. The minimum atomic E-state index is -4.31.